The summed E-state index contributed by atoms with van der Waals surface area (Å²) in [5.41, 5.74) is 9.25. The van der Waals surface area contributed by atoms with Crippen molar-refractivity contribution in [2.75, 3.05) is 20.1 Å². The van der Waals surface area contributed by atoms with Crippen LogP contribution in [0.1, 0.15) is 28.7 Å². The Morgan fingerprint density at radius 1 is 1.24 bits per heavy atom. The third-order valence-electron chi connectivity index (χ3n) is 4.26. The number of hydrogen-bond donors (Lipinski definition) is 1. The van der Waals surface area contributed by atoms with Gasteiger partial charge in [0.2, 0.25) is 0 Å². The Balaban J connectivity index is 2.12. The smallest absolute Gasteiger partial charge is 0.123 e. The average Bonchev–Trinajstić information content (AvgIpc) is 2.46. The first-order valence-corrected chi connectivity index (χ1v) is 7.43. The van der Waals surface area contributed by atoms with Crippen LogP contribution in [0.2, 0.25) is 5.02 Å². The number of nitrogens with two attached hydrogens (primary N) is 1. The molecule has 2 nitrogen and oxygen atoms in total. The predicted octanol–water partition coefficient (Wildman–Crippen LogP) is 3.56. The fourth-order valence-corrected chi connectivity index (χ4v) is 3.40. The fourth-order valence-electron chi connectivity index (χ4n) is 3.22. The zero-order valence-electron chi connectivity index (χ0n) is 11.9. The van der Waals surface area contributed by atoms with Gasteiger partial charge in [-0.25, -0.2) is 4.39 Å². The molecule has 0 fully saturated rings. The lowest BCUT2D eigenvalue weighted by Crippen LogP contribution is -2.39. The van der Waals surface area contributed by atoms with Gasteiger partial charge in [0.05, 0.1) is 0 Å². The molecule has 1 aliphatic heterocycles. The molecular weight excluding hydrogens is 287 g/mol. The highest BCUT2D eigenvalue weighted by molar-refractivity contribution is 6.30. The zero-order chi connectivity index (χ0) is 15.0. The van der Waals surface area contributed by atoms with Crippen molar-refractivity contribution in [1.29, 1.82) is 0 Å². The van der Waals surface area contributed by atoms with Crippen molar-refractivity contribution in [2.45, 2.75) is 12.0 Å². The molecule has 2 atom stereocenters. The van der Waals surface area contributed by atoms with Gasteiger partial charge in [0.1, 0.15) is 5.82 Å². The highest BCUT2D eigenvalue weighted by atomic mass is 35.5. The second-order valence-corrected chi connectivity index (χ2v) is 6.01. The van der Waals surface area contributed by atoms with Crippen molar-refractivity contribution in [2.24, 2.45) is 5.73 Å². The second kappa shape index (κ2) is 5.76. The molecule has 4 heteroatoms. The van der Waals surface area contributed by atoms with Crippen LogP contribution in [0.3, 0.4) is 0 Å². The molecule has 1 aliphatic rings. The fraction of sp³-hybridized carbons (Fsp3) is 0.294. The van der Waals surface area contributed by atoms with E-state index < -0.39 is 0 Å². The van der Waals surface area contributed by atoms with Crippen molar-refractivity contribution >= 4 is 11.6 Å². The van der Waals surface area contributed by atoms with Crippen LogP contribution in [-0.4, -0.2) is 25.0 Å². The molecule has 0 aliphatic carbocycles. The van der Waals surface area contributed by atoms with E-state index in [0.717, 1.165) is 17.7 Å². The lowest BCUT2D eigenvalue weighted by molar-refractivity contribution is 0.223. The van der Waals surface area contributed by atoms with Crippen molar-refractivity contribution in [3.63, 3.8) is 0 Å². The van der Waals surface area contributed by atoms with Gasteiger partial charge in [0.25, 0.3) is 0 Å². The molecule has 21 heavy (non-hydrogen) atoms. The maximum absolute atomic E-state index is 13.5. The van der Waals surface area contributed by atoms with E-state index in [1.165, 1.54) is 11.6 Å². The SMILES string of the molecule is CN1CC(c2cccc(F)c2)c2ccc(Cl)cc2C1CN. The molecule has 2 aromatic rings. The number of fused-ring (bicyclic) bond motifs is 1. The molecule has 0 saturated heterocycles. The summed E-state index contributed by atoms with van der Waals surface area (Å²) in [6.07, 6.45) is 0. The van der Waals surface area contributed by atoms with E-state index in [1.54, 1.807) is 12.1 Å². The average molecular weight is 305 g/mol. The molecule has 0 spiro atoms. The van der Waals surface area contributed by atoms with Crippen LogP contribution < -0.4 is 5.73 Å². The maximum Gasteiger partial charge on any atom is 0.123 e. The number of likely N-dealkylation sites (N-methyl/N-ethyl adjacent to an activating group) is 1. The molecule has 3 rings (SSSR count). The summed E-state index contributed by atoms with van der Waals surface area (Å²) < 4.78 is 13.5. The van der Waals surface area contributed by atoms with Crippen LogP contribution in [-0.2, 0) is 0 Å². The Bertz CT molecular complexity index is 659. The van der Waals surface area contributed by atoms with Crippen LogP contribution in [0.4, 0.5) is 4.39 Å². The minimum atomic E-state index is -0.202. The van der Waals surface area contributed by atoms with Gasteiger partial charge in [-0.05, 0) is 48.0 Å². The number of hydrogen-bond acceptors (Lipinski definition) is 2. The Morgan fingerprint density at radius 2 is 2.05 bits per heavy atom. The van der Waals surface area contributed by atoms with E-state index in [2.05, 4.69) is 4.90 Å². The van der Waals surface area contributed by atoms with Crippen LogP contribution in [0.15, 0.2) is 42.5 Å². The first-order chi connectivity index (χ1) is 10.1. The summed E-state index contributed by atoms with van der Waals surface area (Å²) in [4.78, 5) is 2.22. The van der Waals surface area contributed by atoms with Gasteiger partial charge in [-0.1, -0.05) is 29.8 Å². The van der Waals surface area contributed by atoms with Gasteiger partial charge < -0.3 is 5.73 Å². The first-order valence-electron chi connectivity index (χ1n) is 7.05. The van der Waals surface area contributed by atoms with Crippen molar-refractivity contribution in [1.82, 2.24) is 4.90 Å². The number of halogens is 2. The summed E-state index contributed by atoms with van der Waals surface area (Å²) >= 11 is 6.15. The van der Waals surface area contributed by atoms with Gasteiger partial charge in [0.15, 0.2) is 0 Å². The minimum absolute atomic E-state index is 0.140. The van der Waals surface area contributed by atoms with Crippen molar-refractivity contribution in [3.05, 3.63) is 70.0 Å². The Hall–Kier alpha value is -1.42. The number of benzene rings is 2. The summed E-state index contributed by atoms with van der Waals surface area (Å²) in [7, 11) is 2.05. The van der Waals surface area contributed by atoms with E-state index in [9.17, 15) is 4.39 Å². The van der Waals surface area contributed by atoms with Gasteiger partial charge in [0, 0.05) is 30.1 Å². The quantitative estimate of drug-likeness (QED) is 0.919. The standard InChI is InChI=1S/C17H18ClFN2/c1-21-10-16(11-3-2-4-13(19)7-11)14-6-5-12(18)8-15(14)17(21)9-20/h2-8,16-17H,9-10,20H2,1H3. The van der Waals surface area contributed by atoms with E-state index >= 15 is 0 Å². The molecule has 0 amide bonds. The van der Waals surface area contributed by atoms with E-state index in [1.807, 2.05) is 31.3 Å². The summed E-state index contributed by atoms with van der Waals surface area (Å²) in [6, 6.07) is 12.9. The van der Waals surface area contributed by atoms with Crippen molar-refractivity contribution < 1.29 is 4.39 Å². The molecule has 0 radical (unpaired) electrons. The number of rotatable bonds is 2. The summed E-state index contributed by atoms with van der Waals surface area (Å²) in [5.74, 6) is -0.0626. The summed E-state index contributed by atoms with van der Waals surface area (Å²) in [6.45, 7) is 1.36. The van der Waals surface area contributed by atoms with Gasteiger partial charge in [-0.3, -0.25) is 4.90 Å². The van der Waals surface area contributed by atoms with Crippen LogP contribution in [0, 0.1) is 5.82 Å². The molecule has 0 aromatic heterocycles. The Morgan fingerprint density at radius 3 is 2.76 bits per heavy atom. The van der Waals surface area contributed by atoms with Gasteiger partial charge >= 0.3 is 0 Å². The second-order valence-electron chi connectivity index (χ2n) is 5.57. The molecule has 110 valence electrons. The normalized spacial score (nSPS) is 22.1. The van der Waals surface area contributed by atoms with Crippen LogP contribution >= 0.6 is 11.6 Å². The molecule has 0 bridgehead atoms. The van der Waals surface area contributed by atoms with Gasteiger partial charge in [-0.15, -0.1) is 0 Å². The lowest BCUT2D eigenvalue weighted by Gasteiger charge is -2.39. The lowest BCUT2D eigenvalue weighted by atomic mass is 9.81. The molecule has 2 unspecified atom stereocenters. The predicted molar refractivity (Wildman–Crippen MR) is 84.1 cm³/mol. The highest BCUT2D eigenvalue weighted by Gasteiger charge is 2.31. The van der Waals surface area contributed by atoms with Crippen molar-refractivity contribution in [3.8, 4) is 0 Å². The zero-order valence-corrected chi connectivity index (χ0v) is 12.6. The van der Waals surface area contributed by atoms with Gasteiger partial charge in [-0.2, -0.15) is 0 Å². The maximum atomic E-state index is 13.5. The third kappa shape index (κ3) is 2.69. The van der Waals surface area contributed by atoms with E-state index in [0.29, 0.717) is 11.6 Å². The Kier molecular flexibility index (Phi) is 3.98. The minimum Gasteiger partial charge on any atom is -0.329 e. The molecule has 2 aromatic carbocycles. The number of nitrogens with zero attached hydrogens (tertiary/aromatic N) is 1. The third-order valence-corrected chi connectivity index (χ3v) is 4.50. The van der Waals surface area contributed by atoms with E-state index in [-0.39, 0.29) is 17.8 Å². The topological polar surface area (TPSA) is 29.3 Å². The first kappa shape index (κ1) is 14.5. The summed E-state index contributed by atoms with van der Waals surface area (Å²) in [5, 5.41) is 0.709. The Labute approximate surface area is 129 Å². The molecular formula is C17H18ClFN2. The molecule has 1 heterocycles. The largest absolute Gasteiger partial charge is 0.329 e. The molecule has 2 N–H and O–H groups in total. The highest BCUT2D eigenvalue weighted by Crippen LogP contribution is 2.39. The monoisotopic (exact) mass is 304 g/mol. The van der Waals surface area contributed by atoms with E-state index in [4.69, 9.17) is 17.3 Å². The molecule has 0 saturated carbocycles. The van der Waals surface area contributed by atoms with Crippen LogP contribution in [0.25, 0.3) is 0 Å². The van der Waals surface area contributed by atoms with Crippen LogP contribution in [0.5, 0.6) is 0 Å².